The molecule has 4 aromatic rings. The van der Waals surface area contributed by atoms with Crippen molar-refractivity contribution in [1.29, 1.82) is 0 Å². The van der Waals surface area contributed by atoms with Gasteiger partial charge >= 0.3 is 0 Å². The number of rotatable bonds is 6. The van der Waals surface area contributed by atoms with Gasteiger partial charge < -0.3 is 4.74 Å². The lowest BCUT2D eigenvalue weighted by Gasteiger charge is -2.44. The Morgan fingerprint density at radius 1 is 0.725 bits per heavy atom. The molecule has 40 heavy (non-hydrogen) atoms. The smallest absolute Gasteiger partial charge is 0.122 e. The van der Waals surface area contributed by atoms with E-state index in [-0.39, 0.29) is 11.0 Å². The van der Waals surface area contributed by atoms with Crippen molar-refractivity contribution < 1.29 is 4.74 Å². The number of benzene rings is 4. The third-order valence-corrected chi connectivity index (χ3v) is 15.2. The lowest BCUT2D eigenvalue weighted by Crippen LogP contribution is -2.59. The van der Waals surface area contributed by atoms with Gasteiger partial charge in [-0.15, -0.1) is 0 Å². The summed E-state index contributed by atoms with van der Waals surface area (Å²) in [6.07, 6.45) is 0. The van der Waals surface area contributed by atoms with Gasteiger partial charge in [-0.1, -0.05) is 110 Å². The quantitative estimate of drug-likeness (QED) is 0.174. The third kappa shape index (κ3) is 4.11. The number of ether oxygens (including phenoxy) is 1. The summed E-state index contributed by atoms with van der Waals surface area (Å²) in [4.78, 5) is 0. The molecule has 1 aliphatic carbocycles. The van der Waals surface area contributed by atoms with Crippen LogP contribution < -0.4 is 9.92 Å². The molecular formula is C38H44OSi. The topological polar surface area (TPSA) is 9.23 Å². The number of aryl methyl sites for hydroxylation is 2. The van der Waals surface area contributed by atoms with Gasteiger partial charge in [-0.05, 0) is 91.2 Å². The SMILES string of the molecule is COc1c(C(c2ccccc2)c2ccccc2)cc(C)cc1[Si](C)(C)C1(C)C(C)=C(C)c2c1cc(C)c(C)c2C. The van der Waals surface area contributed by atoms with E-state index in [0.29, 0.717) is 0 Å². The monoisotopic (exact) mass is 544 g/mol. The molecule has 1 atom stereocenters. The number of hydrogen-bond acceptors (Lipinski definition) is 1. The molecule has 0 amide bonds. The minimum absolute atomic E-state index is 0.0526. The zero-order valence-electron chi connectivity index (χ0n) is 26.0. The Labute approximate surface area is 243 Å². The maximum absolute atomic E-state index is 6.48. The minimum Gasteiger partial charge on any atom is -0.497 e. The van der Waals surface area contributed by atoms with Crippen LogP contribution in [-0.4, -0.2) is 15.2 Å². The summed E-state index contributed by atoms with van der Waals surface area (Å²) in [5.41, 5.74) is 15.3. The predicted octanol–water partition coefficient (Wildman–Crippen LogP) is 9.33. The average molecular weight is 545 g/mol. The summed E-state index contributed by atoms with van der Waals surface area (Å²) in [5.74, 6) is 1.15. The lowest BCUT2D eigenvalue weighted by atomic mass is 9.84. The molecule has 0 spiro atoms. The number of fused-ring (bicyclic) bond motifs is 1. The molecule has 0 heterocycles. The Morgan fingerprint density at radius 2 is 1.27 bits per heavy atom. The van der Waals surface area contributed by atoms with Crippen molar-refractivity contribution in [2.24, 2.45) is 0 Å². The van der Waals surface area contributed by atoms with E-state index in [1.807, 2.05) is 7.11 Å². The summed E-state index contributed by atoms with van der Waals surface area (Å²) in [6, 6.07) is 29.1. The molecule has 0 saturated carbocycles. The van der Waals surface area contributed by atoms with Gasteiger partial charge in [-0.2, -0.15) is 0 Å². The first kappa shape index (κ1) is 28.2. The fraction of sp³-hybridized carbons (Fsp3) is 0.316. The van der Waals surface area contributed by atoms with Crippen LogP contribution >= 0.6 is 0 Å². The Morgan fingerprint density at radius 3 is 1.80 bits per heavy atom. The highest BCUT2D eigenvalue weighted by atomic mass is 28.3. The van der Waals surface area contributed by atoms with Crippen molar-refractivity contribution in [1.82, 2.24) is 0 Å². The molecule has 0 aliphatic heterocycles. The van der Waals surface area contributed by atoms with Crippen LogP contribution in [0.4, 0.5) is 0 Å². The van der Waals surface area contributed by atoms with Gasteiger partial charge in [0.1, 0.15) is 13.8 Å². The first-order valence-corrected chi connectivity index (χ1v) is 17.5. The molecular weight excluding hydrogens is 501 g/mol. The second-order valence-electron chi connectivity index (χ2n) is 12.6. The van der Waals surface area contributed by atoms with E-state index < -0.39 is 8.07 Å². The van der Waals surface area contributed by atoms with Gasteiger partial charge in [0.2, 0.25) is 0 Å². The second-order valence-corrected chi connectivity index (χ2v) is 17.3. The van der Waals surface area contributed by atoms with E-state index >= 15 is 0 Å². The number of hydrogen-bond donors (Lipinski definition) is 0. The normalized spacial score (nSPS) is 17.0. The fourth-order valence-corrected chi connectivity index (χ4v) is 11.3. The average Bonchev–Trinajstić information content (AvgIpc) is 3.14. The predicted molar refractivity (Wildman–Crippen MR) is 175 cm³/mol. The molecule has 5 rings (SSSR count). The summed E-state index contributed by atoms with van der Waals surface area (Å²) in [7, 11) is -0.382. The van der Waals surface area contributed by atoms with Gasteiger partial charge in [-0.3, -0.25) is 0 Å². The first-order valence-electron chi connectivity index (χ1n) is 14.5. The van der Waals surface area contributed by atoms with Gasteiger partial charge in [0.25, 0.3) is 0 Å². The maximum Gasteiger partial charge on any atom is 0.122 e. The molecule has 0 N–H and O–H groups in total. The molecule has 0 aromatic heterocycles. The van der Waals surface area contributed by atoms with E-state index in [1.165, 1.54) is 66.4 Å². The molecule has 0 bridgehead atoms. The molecule has 1 nitrogen and oxygen atoms in total. The van der Waals surface area contributed by atoms with E-state index in [1.54, 1.807) is 0 Å². The van der Waals surface area contributed by atoms with Crippen molar-refractivity contribution in [3.63, 3.8) is 0 Å². The zero-order valence-corrected chi connectivity index (χ0v) is 27.0. The second kappa shape index (κ2) is 10.2. The maximum atomic E-state index is 6.48. The van der Waals surface area contributed by atoms with Crippen LogP contribution in [0.5, 0.6) is 5.75 Å². The van der Waals surface area contributed by atoms with Crippen molar-refractivity contribution in [3.8, 4) is 5.75 Å². The van der Waals surface area contributed by atoms with E-state index in [9.17, 15) is 0 Å². The fourth-order valence-electron chi connectivity index (χ4n) is 7.35. The van der Waals surface area contributed by atoms with Gasteiger partial charge in [0, 0.05) is 16.5 Å². The number of methoxy groups -OCH3 is 1. The van der Waals surface area contributed by atoms with Crippen molar-refractivity contribution in [3.05, 3.63) is 135 Å². The van der Waals surface area contributed by atoms with Gasteiger partial charge in [0.05, 0.1) is 7.11 Å². The highest BCUT2D eigenvalue weighted by Crippen LogP contribution is 2.53. The highest BCUT2D eigenvalue weighted by Gasteiger charge is 2.53. The molecule has 0 saturated heterocycles. The van der Waals surface area contributed by atoms with Gasteiger partial charge in [-0.25, -0.2) is 0 Å². The zero-order chi connectivity index (χ0) is 29.0. The summed E-state index contributed by atoms with van der Waals surface area (Å²) in [6.45, 7) is 21.5. The molecule has 4 aromatic carbocycles. The Hall–Kier alpha value is -3.36. The van der Waals surface area contributed by atoms with Crippen LogP contribution in [0.1, 0.15) is 76.8 Å². The van der Waals surface area contributed by atoms with Crippen molar-refractivity contribution in [2.45, 2.75) is 72.5 Å². The number of allylic oxidation sites excluding steroid dienone is 2. The largest absolute Gasteiger partial charge is 0.497 e. The van der Waals surface area contributed by atoms with E-state index in [4.69, 9.17) is 4.74 Å². The molecule has 206 valence electrons. The third-order valence-electron chi connectivity index (χ3n) is 10.4. The summed E-state index contributed by atoms with van der Waals surface area (Å²) in [5, 5.41) is 1.35. The Balaban J connectivity index is 1.80. The standard InChI is InChI=1S/C38H44OSi/c1-24-21-32(36(30-17-13-11-14-18-30)31-19-15-12-16-20-31)37(39-8)34(22-24)40(9,10)38(7)29(6)28(5)35-27(4)26(3)25(2)23-33(35)38/h11-23,36H,1-10H3. The van der Waals surface area contributed by atoms with E-state index in [2.05, 4.69) is 140 Å². The Kier molecular flexibility index (Phi) is 7.21. The molecule has 0 fully saturated rings. The van der Waals surface area contributed by atoms with E-state index in [0.717, 1.165) is 5.75 Å². The molecule has 1 unspecified atom stereocenters. The Bertz CT molecular complexity index is 1570. The molecule has 0 radical (unpaired) electrons. The molecule has 2 heteroatoms. The summed E-state index contributed by atoms with van der Waals surface area (Å²) >= 11 is 0. The van der Waals surface area contributed by atoms with Crippen molar-refractivity contribution in [2.75, 3.05) is 7.11 Å². The summed E-state index contributed by atoms with van der Waals surface area (Å²) < 4.78 is 6.48. The van der Waals surface area contributed by atoms with Crippen LogP contribution in [0, 0.1) is 27.7 Å². The minimum atomic E-state index is -2.25. The van der Waals surface area contributed by atoms with Crippen LogP contribution in [0.3, 0.4) is 0 Å². The first-order chi connectivity index (χ1) is 18.9. The van der Waals surface area contributed by atoms with Crippen LogP contribution in [0.15, 0.2) is 84.4 Å². The lowest BCUT2D eigenvalue weighted by molar-refractivity contribution is 0.412. The van der Waals surface area contributed by atoms with Crippen LogP contribution in [-0.2, 0) is 5.04 Å². The van der Waals surface area contributed by atoms with Crippen LogP contribution in [0.2, 0.25) is 13.1 Å². The van der Waals surface area contributed by atoms with Gasteiger partial charge in [0.15, 0.2) is 0 Å². The highest BCUT2D eigenvalue weighted by molar-refractivity contribution is 6.93. The molecule has 1 aliphatic rings. The van der Waals surface area contributed by atoms with Crippen molar-refractivity contribution >= 4 is 18.8 Å². The van der Waals surface area contributed by atoms with Crippen LogP contribution in [0.25, 0.3) is 5.57 Å².